The summed E-state index contributed by atoms with van der Waals surface area (Å²) >= 11 is 0. The molecule has 7 aromatic carbocycles. The third-order valence-corrected chi connectivity index (χ3v) is 14.2. The van der Waals surface area contributed by atoms with Gasteiger partial charge in [-0.2, -0.15) is 0 Å². The van der Waals surface area contributed by atoms with Gasteiger partial charge in [-0.3, -0.25) is 4.79 Å². The lowest BCUT2D eigenvalue weighted by atomic mass is 9.64. The zero-order valence-corrected chi connectivity index (χ0v) is 35.6. The molecule has 7 atom stereocenters. The maximum atomic E-state index is 13.8. The SMILES string of the molecule is O=C1C=C(O)C2=C(c3ccc(O)cc3)C(C3c4cc(O)cc5c4C(c4cc(O)cc(O)c4C3c3ccc(O)cc3)C(c3ccc(O)cc3)O5)c3cc(O)cc4c3C(C2=C1)C(c1ccc(O)cc1)O4. The Bertz CT molecular complexity index is 3370. The van der Waals surface area contributed by atoms with Gasteiger partial charge >= 0.3 is 0 Å². The van der Waals surface area contributed by atoms with E-state index in [0.29, 0.717) is 78.3 Å². The van der Waals surface area contributed by atoms with E-state index in [1.165, 1.54) is 72.8 Å². The minimum absolute atomic E-state index is 0.0189. The normalized spacial score (nSPS) is 22.9. The lowest BCUT2D eigenvalue weighted by molar-refractivity contribution is -0.110. The Morgan fingerprint density at radius 3 is 1.41 bits per heavy atom. The number of benzene rings is 7. The zero-order chi connectivity index (χ0) is 46.9. The number of carbonyl (C=O) groups excluding carboxylic acids is 1. The summed E-state index contributed by atoms with van der Waals surface area (Å²) in [5.74, 6) is -5.60. The van der Waals surface area contributed by atoms with Crippen molar-refractivity contribution in [1.29, 1.82) is 0 Å². The van der Waals surface area contributed by atoms with Crippen LogP contribution in [0.3, 0.4) is 0 Å². The second-order valence-corrected chi connectivity index (χ2v) is 18.0. The largest absolute Gasteiger partial charge is 0.508 e. The fraction of sp³-hybridized carbons (Fsp3) is 0.125. The number of aromatic hydroxyl groups is 8. The molecule has 0 saturated carbocycles. The van der Waals surface area contributed by atoms with Crippen LogP contribution in [0.2, 0.25) is 0 Å². The fourth-order valence-electron chi connectivity index (χ4n) is 11.7. The second-order valence-electron chi connectivity index (χ2n) is 18.0. The molecule has 3 aliphatic carbocycles. The first kappa shape index (κ1) is 40.7. The van der Waals surface area contributed by atoms with Crippen LogP contribution in [0.1, 0.15) is 97.4 Å². The zero-order valence-electron chi connectivity index (χ0n) is 35.6. The van der Waals surface area contributed by atoms with Gasteiger partial charge in [0.05, 0.1) is 11.8 Å². The summed E-state index contributed by atoms with van der Waals surface area (Å²) in [4.78, 5) is 13.8. The molecule has 0 aromatic heterocycles. The minimum Gasteiger partial charge on any atom is -0.508 e. The van der Waals surface area contributed by atoms with Crippen molar-refractivity contribution in [3.8, 4) is 57.5 Å². The Labute approximate surface area is 387 Å². The summed E-state index contributed by atoms with van der Waals surface area (Å²) < 4.78 is 13.7. The molecule has 12 rings (SSSR count). The first-order chi connectivity index (χ1) is 32.8. The second kappa shape index (κ2) is 14.9. The number of fused-ring (bicyclic) bond motifs is 4. The summed E-state index contributed by atoms with van der Waals surface area (Å²) in [6, 6.07) is 35.1. The van der Waals surface area contributed by atoms with Crippen molar-refractivity contribution in [2.75, 3.05) is 0 Å². The number of carbonyl (C=O) groups is 1. The summed E-state index contributed by atoms with van der Waals surface area (Å²) in [5.41, 5.74) is 6.62. The van der Waals surface area contributed by atoms with Gasteiger partial charge in [-0.25, -0.2) is 0 Å². The van der Waals surface area contributed by atoms with Gasteiger partial charge in [-0.15, -0.1) is 0 Å². The molecule has 68 heavy (non-hydrogen) atoms. The van der Waals surface area contributed by atoms with Gasteiger partial charge in [0, 0.05) is 64.3 Å². The molecular formula is C56H40O12. The van der Waals surface area contributed by atoms with Crippen LogP contribution < -0.4 is 9.47 Å². The molecule has 12 heteroatoms. The number of ketones is 1. The van der Waals surface area contributed by atoms with Gasteiger partial charge in [0.1, 0.15) is 75.5 Å². The minimum atomic E-state index is -1.02. The topological polar surface area (TPSA) is 218 Å². The summed E-state index contributed by atoms with van der Waals surface area (Å²) in [6.07, 6.45) is 0.934. The van der Waals surface area contributed by atoms with E-state index in [2.05, 4.69) is 0 Å². The van der Waals surface area contributed by atoms with Crippen LogP contribution in [0, 0.1) is 0 Å². The molecule has 9 N–H and O–H groups in total. The Kier molecular flexibility index (Phi) is 8.91. The Hall–Kier alpha value is -8.77. The molecular weight excluding hydrogens is 865 g/mol. The van der Waals surface area contributed by atoms with Crippen molar-refractivity contribution in [3.63, 3.8) is 0 Å². The lowest BCUT2D eigenvalue weighted by Crippen LogP contribution is -2.23. The molecule has 0 bridgehead atoms. The van der Waals surface area contributed by atoms with Crippen LogP contribution in [0.15, 0.2) is 163 Å². The average molecular weight is 905 g/mol. The third-order valence-electron chi connectivity index (χ3n) is 14.2. The number of ether oxygens (including phenoxy) is 2. The molecule has 5 aliphatic rings. The van der Waals surface area contributed by atoms with Crippen LogP contribution in [0.5, 0.6) is 57.5 Å². The quantitative estimate of drug-likeness (QED) is 0.0788. The summed E-state index contributed by atoms with van der Waals surface area (Å²) in [6.45, 7) is 0. The van der Waals surface area contributed by atoms with E-state index in [1.54, 1.807) is 66.7 Å². The third kappa shape index (κ3) is 6.17. The van der Waals surface area contributed by atoms with E-state index in [1.807, 2.05) is 0 Å². The number of rotatable bonds is 5. The predicted molar refractivity (Wildman–Crippen MR) is 248 cm³/mol. The first-order valence-corrected chi connectivity index (χ1v) is 22.0. The number of phenols is 8. The predicted octanol–water partition coefficient (Wildman–Crippen LogP) is 10.2. The number of hydrogen-bond acceptors (Lipinski definition) is 12. The van der Waals surface area contributed by atoms with Crippen LogP contribution in [-0.4, -0.2) is 51.7 Å². The fourth-order valence-corrected chi connectivity index (χ4v) is 11.7. The molecule has 12 nitrogen and oxygen atoms in total. The van der Waals surface area contributed by atoms with Crippen molar-refractivity contribution in [2.24, 2.45) is 0 Å². The Morgan fingerprint density at radius 2 is 0.853 bits per heavy atom. The van der Waals surface area contributed by atoms with Gasteiger partial charge in [0.15, 0.2) is 5.78 Å². The number of phenolic OH excluding ortho intramolecular Hbond substituents is 8. The van der Waals surface area contributed by atoms with E-state index in [-0.39, 0.29) is 57.3 Å². The lowest BCUT2D eigenvalue weighted by Gasteiger charge is -2.38. The van der Waals surface area contributed by atoms with Gasteiger partial charge in [-0.1, -0.05) is 48.5 Å². The highest BCUT2D eigenvalue weighted by Gasteiger charge is 2.54. The smallest absolute Gasteiger partial charge is 0.182 e. The number of allylic oxidation sites excluding steroid dienone is 4. The molecule has 7 aromatic rings. The van der Waals surface area contributed by atoms with Crippen molar-refractivity contribution >= 4 is 11.4 Å². The van der Waals surface area contributed by atoms with E-state index in [9.17, 15) is 50.8 Å². The first-order valence-electron chi connectivity index (χ1n) is 22.0. The van der Waals surface area contributed by atoms with E-state index in [0.717, 1.165) is 6.08 Å². The highest BCUT2D eigenvalue weighted by molar-refractivity contribution is 6.05. The Balaban J connectivity index is 1.26. The van der Waals surface area contributed by atoms with Gasteiger partial charge in [0.25, 0.3) is 0 Å². The maximum Gasteiger partial charge on any atom is 0.182 e. The molecule has 2 heterocycles. The average Bonchev–Trinajstić information content (AvgIpc) is 3.81. The molecule has 336 valence electrons. The maximum absolute atomic E-state index is 13.8. The monoisotopic (exact) mass is 904 g/mol. The summed E-state index contributed by atoms with van der Waals surface area (Å²) in [5, 5.41) is 103. The van der Waals surface area contributed by atoms with Crippen molar-refractivity contribution < 1.29 is 60.2 Å². The van der Waals surface area contributed by atoms with Crippen LogP contribution >= 0.6 is 0 Å². The summed E-state index contributed by atoms with van der Waals surface area (Å²) in [7, 11) is 0. The molecule has 7 unspecified atom stereocenters. The Morgan fingerprint density at radius 1 is 0.397 bits per heavy atom. The van der Waals surface area contributed by atoms with Crippen molar-refractivity contribution in [1.82, 2.24) is 0 Å². The molecule has 0 saturated heterocycles. The van der Waals surface area contributed by atoms with E-state index < -0.39 is 47.6 Å². The van der Waals surface area contributed by atoms with Crippen molar-refractivity contribution in [3.05, 3.63) is 218 Å². The molecule has 0 fully saturated rings. The highest BCUT2D eigenvalue weighted by atomic mass is 16.5. The van der Waals surface area contributed by atoms with Gasteiger partial charge in [0.2, 0.25) is 0 Å². The van der Waals surface area contributed by atoms with Crippen LogP contribution in [-0.2, 0) is 4.79 Å². The molecule has 0 spiro atoms. The molecule has 0 amide bonds. The van der Waals surface area contributed by atoms with Gasteiger partial charge in [-0.05, 0) is 123 Å². The molecule has 0 radical (unpaired) electrons. The number of aliphatic hydroxyl groups is 1. The van der Waals surface area contributed by atoms with E-state index in [4.69, 9.17) is 9.47 Å². The van der Waals surface area contributed by atoms with Crippen LogP contribution in [0.25, 0.3) is 5.57 Å². The van der Waals surface area contributed by atoms with Crippen molar-refractivity contribution in [2.45, 2.75) is 41.8 Å². The standard InChI is InChI=1S/C56H40O12/c57-29-9-1-25(2-10-29)45-47-37(17-33(61)21-41(47)65)53-49-39(19-35(63)23-43(49)67-55(53)27-5-13-31(59)14-6-27)51(45)52-40-20-36(64)24-44-50(40)54(56(68-44)28-7-15-32(60)16-8-28)38-18-34(62)22-42(66)48(38)46(52)26-3-11-30(58)12-4-26/h1-24,45,51-61,63-66H. The van der Waals surface area contributed by atoms with Gasteiger partial charge < -0.3 is 55.4 Å². The van der Waals surface area contributed by atoms with Crippen LogP contribution in [0.4, 0.5) is 0 Å². The van der Waals surface area contributed by atoms with E-state index >= 15 is 0 Å². The number of hydrogen-bond donors (Lipinski definition) is 9. The highest BCUT2D eigenvalue weighted by Crippen LogP contribution is 2.68. The number of aliphatic hydroxyl groups excluding tert-OH is 1. The molecule has 2 aliphatic heterocycles.